The molecule has 1 aliphatic heterocycles. The van der Waals surface area contributed by atoms with Crippen LogP contribution in [0.25, 0.3) is 0 Å². The maximum atomic E-state index is 12.1. The first kappa shape index (κ1) is 15.3. The molecular formula is C19H20N2O2. The van der Waals surface area contributed by atoms with Gasteiger partial charge in [0.15, 0.2) is 0 Å². The van der Waals surface area contributed by atoms with Crippen molar-refractivity contribution in [2.75, 3.05) is 10.6 Å². The van der Waals surface area contributed by atoms with Crippen molar-refractivity contribution < 1.29 is 9.59 Å². The molecule has 0 saturated carbocycles. The molecule has 0 bridgehead atoms. The standard InChI is InChI=1S/C19H20N2O2/c1-13-5-4-7-16(11-13)20-18(22)10-9-15-12-14-6-2-3-8-17(14)21-19(15)23/h2-8,11,15H,9-10,12H2,1H3,(H,20,22)(H,21,23). The second kappa shape index (κ2) is 6.65. The van der Waals surface area contributed by atoms with Crippen LogP contribution in [0.1, 0.15) is 24.0 Å². The molecule has 1 aliphatic rings. The molecule has 1 unspecified atom stereocenters. The lowest BCUT2D eigenvalue weighted by atomic mass is 9.89. The molecule has 118 valence electrons. The zero-order valence-corrected chi connectivity index (χ0v) is 13.1. The van der Waals surface area contributed by atoms with Crippen molar-refractivity contribution in [1.29, 1.82) is 0 Å². The fourth-order valence-corrected chi connectivity index (χ4v) is 2.90. The smallest absolute Gasteiger partial charge is 0.227 e. The van der Waals surface area contributed by atoms with E-state index in [1.54, 1.807) is 0 Å². The molecule has 0 saturated heterocycles. The Morgan fingerprint density at radius 2 is 2.04 bits per heavy atom. The highest BCUT2D eigenvalue weighted by molar-refractivity contribution is 5.96. The third-order valence-electron chi connectivity index (χ3n) is 4.13. The monoisotopic (exact) mass is 308 g/mol. The minimum Gasteiger partial charge on any atom is -0.326 e. The topological polar surface area (TPSA) is 58.2 Å². The van der Waals surface area contributed by atoms with E-state index in [2.05, 4.69) is 10.6 Å². The highest BCUT2D eigenvalue weighted by atomic mass is 16.2. The molecule has 0 aromatic heterocycles. The lowest BCUT2D eigenvalue weighted by Crippen LogP contribution is -2.30. The first-order valence-electron chi connectivity index (χ1n) is 7.87. The van der Waals surface area contributed by atoms with E-state index in [1.165, 1.54) is 0 Å². The third-order valence-corrected chi connectivity index (χ3v) is 4.13. The van der Waals surface area contributed by atoms with Crippen LogP contribution < -0.4 is 10.6 Å². The van der Waals surface area contributed by atoms with E-state index in [0.717, 1.165) is 22.5 Å². The van der Waals surface area contributed by atoms with E-state index >= 15 is 0 Å². The van der Waals surface area contributed by atoms with Crippen molar-refractivity contribution >= 4 is 23.2 Å². The maximum Gasteiger partial charge on any atom is 0.227 e. The zero-order chi connectivity index (χ0) is 16.2. The molecule has 2 aromatic rings. The van der Waals surface area contributed by atoms with Crippen molar-refractivity contribution in [3.8, 4) is 0 Å². The number of aryl methyl sites for hydroxylation is 1. The predicted molar refractivity (Wildman–Crippen MR) is 91.3 cm³/mol. The first-order valence-corrected chi connectivity index (χ1v) is 7.87. The van der Waals surface area contributed by atoms with Crippen LogP contribution in [0.2, 0.25) is 0 Å². The van der Waals surface area contributed by atoms with Crippen LogP contribution in [0.15, 0.2) is 48.5 Å². The summed E-state index contributed by atoms with van der Waals surface area (Å²) in [6.07, 6.45) is 1.59. The van der Waals surface area contributed by atoms with E-state index in [-0.39, 0.29) is 17.7 Å². The van der Waals surface area contributed by atoms with Crippen LogP contribution in [0.5, 0.6) is 0 Å². The van der Waals surface area contributed by atoms with Crippen LogP contribution in [0, 0.1) is 12.8 Å². The Labute approximate surface area is 135 Å². The molecule has 0 fully saturated rings. The summed E-state index contributed by atoms with van der Waals surface area (Å²) in [5.41, 5.74) is 3.92. The number of rotatable bonds is 4. The average Bonchev–Trinajstić information content (AvgIpc) is 2.53. The van der Waals surface area contributed by atoms with E-state index in [1.807, 2.05) is 55.5 Å². The summed E-state index contributed by atoms with van der Waals surface area (Å²) in [4.78, 5) is 24.2. The minimum atomic E-state index is -0.145. The maximum absolute atomic E-state index is 12.1. The molecule has 1 atom stereocenters. The number of hydrogen-bond acceptors (Lipinski definition) is 2. The van der Waals surface area contributed by atoms with Gasteiger partial charge < -0.3 is 10.6 Å². The van der Waals surface area contributed by atoms with Gasteiger partial charge in [-0.2, -0.15) is 0 Å². The Morgan fingerprint density at radius 1 is 1.22 bits per heavy atom. The Morgan fingerprint density at radius 3 is 2.87 bits per heavy atom. The van der Waals surface area contributed by atoms with Crippen LogP contribution in [-0.2, 0) is 16.0 Å². The van der Waals surface area contributed by atoms with Gasteiger partial charge in [0.1, 0.15) is 0 Å². The molecule has 2 aromatic carbocycles. The normalized spacial score (nSPS) is 16.4. The van der Waals surface area contributed by atoms with E-state index in [4.69, 9.17) is 0 Å². The zero-order valence-electron chi connectivity index (χ0n) is 13.1. The second-order valence-corrected chi connectivity index (χ2v) is 6.00. The van der Waals surface area contributed by atoms with Crippen molar-refractivity contribution in [2.24, 2.45) is 5.92 Å². The van der Waals surface area contributed by atoms with Crippen LogP contribution >= 0.6 is 0 Å². The lowest BCUT2D eigenvalue weighted by Gasteiger charge is -2.24. The molecule has 1 heterocycles. The molecule has 23 heavy (non-hydrogen) atoms. The van der Waals surface area contributed by atoms with Gasteiger partial charge in [-0.05, 0) is 49.1 Å². The summed E-state index contributed by atoms with van der Waals surface area (Å²) in [7, 11) is 0. The number of anilines is 2. The molecular weight excluding hydrogens is 288 g/mol. The first-order chi connectivity index (χ1) is 11.1. The SMILES string of the molecule is Cc1cccc(NC(=O)CCC2Cc3ccccc3NC2=O)c1. The summed E-state index contributed by atoms with van der Waals surface area (Å²) in [6.45, 7) is 1.99. The van der Waals surface area contributed by atoms with E-state index < -0.39 is 0 Å². The van der Waals surface area contributed by atoms with Gasteiger partial charge in [0.2, 0.25) is 11.8 Å². The molecule has 2 N–H and O–H groups in total. The summed E-state index contributed by atoms with van der Waals surface area (Å²) in [5.74, 6) is -0.192. The number of fused-ring (bicyclic) bond motifs is 1. The van der Waals surface area contributed by atoms with Crippen LogP contribution in [-0.4, -0.2) is 11.8 Å². The molecule has 0 spiro atoms. The van der Waals surface area contributed by atoms with Crippen LogP contribution in [0.4, 0.5) is 11.4 Å². The molecule has 0 radical (unpaired) electrons. The number of amides is 2. The van der Waals surface area contributed by atoms with Gasteiger partial charge in [-0.15, -0.1) is 0 Å². The number of para-hydroxylation sites is 1. The minimum absolute atomic E-state index is 0.00653. The van der Waals surface area contributed by atoms with Crippen molar-refractivity contribution in [1.82, 2.24) is 0 Å². The summed E-state index contributed by atoms with van der Waals surface area (Å²) in [6, 6.07) is 15.5. The highest BCUT2D eigenvalue weighted by Gasteiger charge is 2.26. The van der Waals surface area contributed by atoms with Crippen molar-refractivity contribution in [3.63, 3.8) is 0 Å². The lowest BCUT2D eigenvalue weighted by molar-refractivity contribution is -0.121. The Hall–Kier alpha value is -2.62. The van der Waals surface area contributed by atoms with E-state index in [0.29, 0.717) is 19.3 Å². The van der Waals surface area contributed by atoms with Crippen molar-refractivity contribution in [3.05, 3.63) is 59.7 Å². The Balaban J connectivity index is 1.56. The summed E-state index contributed by atoms with van der Waals surface area (Å²) in [5, 5.41) is 5.81. The molecule has 0 aliphatic carbocycles. The number of benzene rings is 2. The predicted octanol–water partition coefficient (Wildman–Crippen LogP) is 3.52. The summed E-state index contributed by atoms with van der Waals surface area (Å²) >= 11 is 0. The van der Waals surface area contributed by atoms with Gasteiger partial charge in [0.05, 0.1) is 0 Å². The molecule has 4 nitrogen and oxygen atoms in total. The van der Waals surface area contributed by atoms with Crippen LogP contribution in [0.3, 0.4) is 0 Å². The molecule has 3 rings (SSSR count). The van der Waals surface area contributed by atoms with Gasteiger partial charge in [-0.25, -0.2) is 0 Å². The number of hydrogen-bond donors (Lipinski definition) is 2. The largest absolute Gasteiger partial charge is 0.326 e. The Bertz CT molecular complexity index is 740. The van der Waals surface area contributed by atoms with Gasteiger partial charge in [0, 0.05) is 23.7 Å². The van der Waals surface area contributed by atoms with Gasteiger partial charge in [-0.3, -0.25) is 9.59 Å². The quantitative estimate of drug-likeness (QED) is 0.908. The van der Waals surface area contributed by atoms with E-state index in [9.17, 15) is 9.59 Å². The summed E-state index contributed by atoms with van der Waals surface area (Å²) < 4.78 is 0. The fraction of sp³-hybridized carbons (Fsp3) is 0.263. The second-order valence-electron chi connectivity index (χ2n) is 6.00. The molecule has 4 heteroatoms. The van der Waals surface area contributed by atoms with Gasteiger partial charge in [0.25, 0.3) is 0 Å². The van der Waals surface area contributed by atoms with Gasteiger partial charge >= 0.3 is 0 Å². The third kappa shape index (κ3) is 3.77. The number of carbonyl (C=O) groups excluding carboxylic acids is 2. The average molecular weight is 308 g/mol. The Kier molecular flexibility index (Phi) is 4.42. The fourth-order valence-electron chi connectivity index (χ4n) is 2.90. The van der Waals surface area contributed by atoms with Crippen molar-refractivity contribution in [2.45, 2.75) is 26.2 Å². The van der Waals surface area contributed by atoms with Gasteiger partial charge in [-0.1, -0.05) is 30.3 Å². The number of carbonyl (C=O) groups is 2. The number of nitrogens with one attached hydrogen (secondary N) is 2. The molecule has 2 amide bonds. The highest BCUT2D eigenvalue weighted by Crippen LogP contribution is 2.27.